The van der Waals surface area contributed by atoms with Crippen LogP contribution in [0.25, 0.3) is 0 Å². The minimum absolute atomic E-state index is 0. The fourth-order valence-electron chi connectivity index (χ4n) is 0.566. The molecule has 1 aromatic heterocycles. The van der Waals surface area contributed by atoms with Crippen molar-refractivity contribution in [3.05, 3.63) is 23.8 Å². The number of carbonyl (C=O) groups is 1. The van der Waals surface area contributed by atoms with Crippen LogP contribution >= 0.6 is 0 Å². The molecule has 0 saturated heterocycles. The summed E-state index contributed by atoms with van der Waals surface area (Å²) in [6.45, 7) is 1.69. The Morgan fingerprint density at radius 2 is 2.18 bits per heavy atom. The number of aromatic carboxylic acids is 1. The van der Waals surface area contributed by atoms with E-state index in [2.05, 4.69) is 9.97 Å². The van der Waals surface area contributed by atoms with Gasteiger partial charge in [-0.25, -0.2) is 9.97 Å². The molecule has 1 heterocycles. The van der Waals surface area contributed by atoms with Crippen molar-refractivity contribution in [3.8, 4) is 0 Å². The summed E-state index contributed by atoms with van der Waals surface area (Å²) in [5, 5.41) is 10.2. The van der Waals surface area contributed by atoms with Gasteiger partial charge in [-0.2, -0.15) is 0 Å². The molecule has 0 aromatic carbocycles. The average molecular weight is 160 g/mol. The van der Waals surface area contributed by atoms with Gasteiger partial charge in [0.2, 0.25) is 0 Å². The Morgan fingerprint density at radius 1 is 1.55 bits per heavy atom. The molecule has 0 aliphatic carbocycles. The summed E-state index contributed by atoms with van der Waals surface area (Å²) in [6.07, 6.45) is 1.19. The van der Waals surface area contributed by atoms with E-state index in [0.717, 1.165) is 0 Å². The van der Waals surface area contributed by atoms with Gasteiger partial charge >= 0.3 is 29.6 Å². The Bertz CT molecular complexity index is 265. The minimum atomic E-state index is -1.27. The van der Waals surface area contributed by atoms with Gasteiger partial charge in [0, 0.05) is 5.69 Å². The van der Waals surface area contributed by atoms with E-state index in [-0.39, 0.29) is 35.3 Å². The van der Waals surface area contributed by atoms with Crippen molar-refractivity contribution in [1.29, 1.82) is 0 Å². The first-order valence-corrected chi connectivity index (χ1v) is 2.70. The van der Waals surface area contributed by atoms with Crippen LogP contribution in [0.15, 0.2) is 12.4 Å². The Labute approximate surface area is 86.0 Å². The Kier molecular flexibility index (Phi) is 4.25. The maximum absolute atomic E-state index is 10.2. The molecule has 0 saturated carbocycles. The largest absolute Gasteiger partial charge is 1.00 e. The summed E-state index contributed by atoms with van der Waals surface area (Å²) in [7, 11) is 0. The van der Waals surface area contributed by atoms with Crippen LogP contribution in [0, 0.1) is 6.92 Å². The average Bonchev–Trinajstić information content (AvgIpc) is 1.88. The van der Waals surface area contributed by atoms with E-state index < -0.39 is 5.97 Å². The molecule has 1 rings (SSSR count). The predicted octanol–water partition coefficient (Wildman–Crippen LogP) is -3.85. The number of carbonyl (C=O) groups excluding carboxylic acids is 1. The first-order chi connectivity index (χ1) is 4.70. The van der Waals surface area contributed by atoms with Gasteiger partial charge < -0.3 is 9.90 Å². The van der Waals surface area contributed by atoms with Gasteiger partial charge in [0.15, 0.2) is 0 Å². The summed E-state index contributed by atoms with van der Waals surface area (Å²) in [6, 6.07) is 1.36. The molecule has 0 amide bonds. The SMILES string of the molecule is Cc1cc(C(=O)[O-])ncn1.[Na+]. The van der Waals surface area contributed by atoms with Crippen LogP contribution in [0.4, 0.5) is 0 Å². The number of carboxylic acid groups (broad SMARTS) is 1. The summed E-state index contributed by atoms with van der Waals surface area (Å²) in [5.74, 6) is -1.27. The summed E-state index contributed by atoms with van der Waals surface area (Å²) < 4.78 is 0. The molecule has 4 nitrogen and oxygen atoms in total. The minimum Gasteiger partial charge on any atom is -0.543 e. The second-order valence-electron chi connectivity index (χ2n) is 1.83. The molecule has 5 heteroatoms. The molecular formula is C6H5N2NaO2. The second kappa shape index (κ2) is 4.43. The molecule has 52 valence electrons. The molecule has 0 unspecified atom stereocenters. The van der Waals surface area contributed by atoms with E-state index in [0.29, 0.717) is 5.69 Å². The van der Waals surface area contributed by atoms with Crippen molar-refractivity contribution in [2.75, 3.05) is 0 Å². The zero-order valence-electron chi connectivity index (χ0n) is 6.37. The van der Waals surface area contributed by atoms with Crippen molar-refractivity contribution in [1.82, 2.24) is 9.97 Å². The Hall–Kier alpha value is -0.450. The van der Waals surface area contributed by atoms with Crippen LogP contribution in [-0.4, -0.2) is 15.9 Å². The number of hydrogen-bond donors (Lipinski definition) is 0. The fraction of sp³-hybridized carbons (Fsp3) is 0.167. The third-order valence-electron chi connectivity index (χ3n) is 1.01. The van der Waals surface area contributed by atoms with Crippen molar-refractivity contribution < 1.29 is 39.5 Å². The first-order valence-electron chi connectivity index (χ1n) is 2.70. The van der Waals surface area contributed by atoms with Crippen molar-refractivity contribution in [3.63, 3.8) is 0 Å². The van der Waals surface area contributed by atoms with Crippen LogP contribution in [-0.2, 0) is 0 Å². The summed E-state index contributed by atoms with van der Waals surface area (Å²) in [5.41, 5.74) is 0.543. The van der Waals surface area contributed by atoms with Gasteiger partial charge in [-0.05, 0) is 13.0 Å². The normalized spacial score (nSPS) is 8.45. The third kappa shape index (κ3) is 2.96. The number of aryl methyl sites for hydroxylation is 1. The Balaban J connectivity index is 0.000001000. The monoisotopic (exact) mass is 160 g/mol. The predicted molar refractivity (Wildman–Crippen MR) is 31.1 cm³/mol. The summed E-state index contributed by atoms with van der Waals surface area (Å²) in [4.78, 5) is 17.3. The zero-order valence-corrected chi connectivity index (χ0v) is 8.37. The van der Waals surface area contributed by atoms with Gasteiger partial charge in [0.25, 0.3) is 0 Å². The standard InChI is InChI=1S/C6H6N2O2.Na/c1-4-2-5(6(9)10)8-3-7-4;/h2-3H,1H3,(H,9,10);/q;+1/p-1. The topological polar surface area (TPSA) is 65.9 Å². The van der Waals surface area contributed by atoms with Crippen molar-refractivity contribution in [2.24, 2.45) is 0 Å². The number of nitrogens with zero attached hydrogens (tertiary/aromatic N) is 2. The smallest absolute Gasteiger partial charge is 0.543 e. The molecule has 0 aliphatic heterocycles. The number of hydrogen-bond acceptors (Lipinski definition) is 4. The molecule has 0 spiro atoms. The molecule has 0 radical (unpaired) electrons. The van der Waals surface area contributed by atoms with Gasteiger partial charge in [0.05, 0.1) is 11.7 Å². The van der Waals surface area contributed by atoms with E-state index in [1.807, 2.05) is 0 Å². The van der Waals surface area contributed by atoms with Crippen LogP contribution in [0.5, 0.6) is 0 Å². The molecule has 0 fully saturated rings. The number of rotatable bonds is 1. The van der Waals surface area contributed by atoms with Gasteiger partial charge in [-0.1, -0.05) is 0 Å². The molecule has 1 aromatic rings. The third-order valence-corrected chi connectivity index (χ3v) is 1.01. The van der Waals surface area contributed by atoms with Crippen molar-refractivity contribution >= 4 is 5.97 Å². The second-order valence-corrected chi connectivity index (χ2v) is 1.83. The van der Waals surface area contributed by atoms with Crippen LogP contribution in [0.3, 0.4) is 0 Å². The van der Waals surface area contributed by atoms with Crippen LogP contribution in [0.1, 0.15) is 16.2 Å². The maximum Gasteiger partial charge on any atom is 1.00 e. The molecule has 0 bridgehead atoms. The molecule has 0 atom stereocenters. The van der Waals surface area contributed by atoms with E-state index >= 15 is 0 Å². The van der Waals surface area contributed by atoms with E-state index in [1.165, 1.54) is 12.4 Å². The van der Waals surface area contributed by atoms with Gasteiger partial charge in [0.1, 0.15) is 6.33 Å². The van der Waals surface area contributed by atoms with Crippen molar-refractivity contribution in [2.45, 2.75) is 6.92 Å². The number of aromatic nitrogens is 2. The maximum atomic E-state index is 10.2. The van der Waals surface area contributed by atoms with Crippen LogP contribution in [0.2, 0.25) is 0 Å². The molecular weight excluding hydrogens is 155 g/mol. The summed E-state index contributed by atoms with van der Waals surface area (Å²) >= 11 is 0. The van der Waals surface area contributed by atoms with E-state index in [4.69, 9.17) is 0 Å². The van der Waals surface area contributed by atoms with Gasteiger partial charge in [-0.15, -0.1) is 0 Å². The Morgan fingerprint density at radius 3 is 2.55 bits per heavy atom. The van der Waals surface area contributed by atoms with Crippen LogP contribution < -0.4 is 34.7 Å². The number of carboxylic acids is 1. The van der Waals surface area contributed by atoms with E-state index in [9.17, 15) is 9.90 Å². The quantitative estimate of drug-likeness (QED) is 0.394. The first kappa shape index (κ1) is 10.6. The van der Waals surface area contributed by atoms with Gasteiger partial charge in [-0.3, -0.25) is 0 Å². The van der Waals surface area contributed by atoms with E-state index in [1.54, 1.807) is 6.92 Å². The zero-order chi connectivity index (χ0) is 7.56. The molecule has 0 N–H and O–H groups in total. The molecule has 0 aliphatic rings. The molecule has 11 heavy (non-hydrogen) atoms. The fourth-order valence-corrected chi connectivity index (χ4v) is 0.566.